The minimum absolute atomic E-state index is 0.309. The van der Waals surface area contributed by atoms with E-state index in [-0.39, 0.29) is 0 Å². The van der Waals surface area contributed by atoms with Gasteiger partial charge in [0, 0.05) is 10.8 Å². The molecule has 84 valence electrons. The predicted molar refractivity (Wildman–Crippen MR) is 70.9 cm³/mol. The molecule has 0 heterocycles. The van der Waals surface area contributed by atoms with E-state index in [2.05, 4.69) is 44.2 Å². The van der Waals surface area contributed by atoms with E-state index in [1.165, 1.54) is 11.3 Å². The van der Waals surface area contributed by atoms with Gasteiger partial charge < -0.3 is 0 Å². The van der Waals surface area contributed by atoms with Gasteiger partial charge in [-0.15, -0.1) is 23.4 Å². The summed E-state index contributed by atoms with van der Waals surface area (Å²) in [7, 11) is 0. The normalized spacial score (nSPS) is 14.9. The lowest BCUT2D eigenvalue weighted by Gasteiger charge is -2.24. The number of halogens is 1. The van der Waals surface area contributed by atoms with E-state index in [4.69, 9.17) is 11.6 Å². The fourth-order valence-corrected chi connectivity index (χ4v) is 2.77. The van der Waals surface area contributed by atoms with Crippen LogP contribution >= 0.6 is 23.4 Å². The summed E-state index contributed by atoms with van der Waals surface area (Å²) in [5, 5.41) is 0. The summed E-state index contributed by atoms with van der Waals surface area (Å²) in [6, 6.07) is 10.5. The zero-order valence-electron chi connectivity index (χ0n) is 9.50. The molecule has 0 nitrogen and oxygen atoms in total. The maximum absolute atomic E-state index is 5.98. The van der Waals surface area contributed by atoms with Crippen LogP contribution in [0, 0.1) is 5.41 Å². The van der Waals surface area contributed by atoms with Crippen LogP contribution in [0.1, 0.15) is 26.7 Å². The Morgan fingerprint density at radius 2 is 1.93 bits per heavy atom. The lowest BCUT2D eigenvalue weighted by Crippen LogP contribution is -2.18. The van der Waals surface area contributed by atoms with E-state index < -0.39 is 0 Å². The molecule has 0 saturated heterocycles. The summed E-state index contributed by atoms with van der Waals surface area (Å²) < 4.78 is 0. The van der Waals surface area contributed by atoms with Crippen molar-refractivity contribution in [3.63, 3.8) is 0 Å². The Labute approximate surface area is 102 Å². The molecule has 2 heteroatoms. The van der Waals surface area contributed by atoms with Gasteiger partial charge in [-0.05, 0) is 36.1 Å². The van der Waals surface area contributed by atoms with Gasteiger partial charge in [-0.2, -0.15) is 0 Å². The van der Waals surface area contributed by atoms with Crippen molar-refractivity contribution in [2.24, 2.45) is 5.41 Å². The number of hydrogen-bond donors (Lipinski definition) is 0. The van der Waals surface area contributed by atoms with E-state index in [9.17, 15) is 0 Å². The molecule has 0 amide bonds. The van der Waals surface area contributed by atoms with Crippen LogP contribution in [0.15, 0.2) is 35.2 Å². The summed E-state index contributed by atoms with van der Waals surface area (Å²) in [4.78, 5) is 1.35. The highest BCUT2D eigenvalue weighted by Crippen LogP contribution is 2.30. The highest BCUT2D eigenvalue weighted by molar-refractivity contribution is 7.99. The fraction of sp³-hybridized carbons (Fsp3) is 0.538. The molecule has 1 aromatic carbocycles. The molecule has 0 saturated carbocycles. The number of benzene rings is 1. The molecule has 0 aliphatic carbocycles. The molecule has 0 aliphatic rings. The second kappa shape index (κ2) is 6.44. The summed E-state index contributed by atoms with van der Waals surface area (Å²) in [6.45, 7) is 4.49. The number of hydrogen-bond acceptors (Lipinski definition) is 1. The maximum Gasteiger partial charge on any atom is 0.0277 e. The molecule has 0 fully saturated rings. The first-order chi connectivity index (χ1) is 7.20. The molecule has 1 unspecified atom stereocenters. The van der Waals surface area contributed by atoms with E-state index in [1.54, 1.807) is 0 Å². The van der Waals surface area contributed by atoms with Gasteiger partial charge >= 0.3 is 0 Å². The van der Waals surface area contributed by atoms with Gasteiger partial charge in [0.05, 0.1) is 0 Å². The van der Waals surface area contributed by atoms with Crippen molar-refractivity contribution >= 4 is 23.4 Å². The predicted octanol–water partition coefficient (Wildman–Crippen LogP) is 4.82. The first-order valence-electron chi connectivity index (χ1n) is 5.44. The average molecular weight is 243 g/mol. The van der Waals surface area contributed by atoms with Gasteiger partial charge in [0.15, 0.2) is 0 Å². The summed E-state index contributed by atoms with van der Waals surface area (Å²) in [6.07, 6.45) is 2.35. The Bertz CT molecular complexity index is 267. The number of thioether (sulfide) groups is 1. The van der Waals surface area contributed by atoms with Gasteiger partial charge in [0.1, 0.15) is 0 Å². The molecule has 0 N–H and O–H groups in total. The standard InChI is InChI=1S/C13H19ClS/c1-3-13(2,11-14)9-10-15-12-7-5-4-6-8-12/h4-8H,3,9-11H2,1-2H3. The van der Waals surface area contributed by atoms with Crippen molar-refractivity contribution in [3.05, 3.63) is 30.3 Å². The first-order valence-corrected chi connectivity index (χ1v) is 6.96. The van der Waals surface area contributed by atoms with Crippen molar-refractivity contribution < 1.29 is 0 Å². The van der Waals surface area contributed by atoms with E-state index in [1.807, 2.05) is 11.8 Å². The van der Waals surface area contributed by atoms with Crippen molar-refractivity contribution in [1.82, 2.24) is 0 Å². The summed E-state index contributed by atoms with van der Waals surface area (Å²) in [5.74, 6) is 1.92. The third kappa shape index (κ3) is 4.48. The lowest BCUT2D eigenvalue weighted by atomic mass is 9.87. The molecule has 1 atom stereocenters. The topological polar surface area (TPSA) is 0 Å². The van der Waals surface area contributed by atoms with Crippen LogP contribution in [0.2, 0.25) is 0 Å². The zero-order valence-corrected chi connectivity index (χ0v) is 11.1. The molecule has 15 heavy (non-hydrogen) atoms. The van der Waals surface area contributed by atoms with Gasteiger partial charge in [0.2, 0.25) is 0 Å². The Morgan fingerprint density at radius 3 is 2.47 bits per heavy atom. The molecule has 0 radical (unpaired) electrons. The Kier molecular flexibility index (Phi) is 5.55. The highest BCUT2D eigenvalue weighted by atomic mass is 35.5. The third-order valence-corrected chi connectivity index (χ3v) is 4.55. The minimum Gasteiger partial charge on any atom is -0.126 e. The number of rotatable bonds is 6. The molecule has 1 rings (SSSR count). The third-order valence-electron chi connectivity index (χ3n) is 2.89. The van der Waals surface area contributed by atoms with Crippen LogP contribution in [0.25, 0.3) is 0 Å². The molecule has 1 aromatic rings. The molecule has 0 spiro atoms. The Balaban J connectivity index is 2.33. The quantitative estimate of drug-likeness (QED) is 0.509. The fourth-order valence-electron chi connectivity index (χ4n) is 1.27. The zero-order chi connectivity index (χ0) is 11.1. The first kappa shape index (κ1) is 12.9. The van der Waals surface area contributed by atoms with Crippen LogP contribution in [0.3, 0.4) is 0 Å². The van der Waals surface area contributed by atoms with Crippen molar-refractivity contribution in [2.45, 2.75) is 31.6 Å². The van der Waals surface area contributed by atoms with Crippen LogP contribution in [-0.2, 0) is 0 Å². The van der Waals surface area contributed by atoms with E-state index in [0.717, 1.165) is 18.1 Å². The van der Waals surface area contributed by atoms with Crippen LogP contribution in [0.5, 0.6) is 0 Å². The molecular formula is C13H19ClS. The summed E-state index contributed by atoms with van der Waals surface area (Å²) >= 11 is 7.90. The average Bonchev–Trinajstić information content (AvgIpc) is 2.30. The monoisotopic (exact) mass is 242 g/mol. The van der Waals surface area contributed by atoms with Crippen molar-refractivity contribution in [3.8, 4) is 0 Å². The van der Waals surface area contributed by atoms with Gasteiger partial charge in [-0.25, -0.2) is 0 Å². The number of alkyl halides is 1. The Hall–Kier alpha value is -0.140. The molecule has 0 aromatic heterocycles. The highest BCUT2D eigenvalue weighted by Gasteiger charge is 2.19. The SMILES string of the molecule is CCC(C)(CCl)CCSc1ccccc1. The van der Waals surface area contributed by atoms with Gasteiger partial charge in [-0.3, -0.25) is 0 Å². The van der Waals surface area contributed by atoms with Crippen molar-refractivity contribution in [1.29, 1.82) is 0 Å². The lowest BCUT2D eigenvalue weighted by molar-refractivity contribution is 0.347. The minimum atomic E-state index is 0.309. The Morgan fingerprint density at radius 1 is 1.27 bits per heavy atom. The van der Waals surface area contributed by atoms with Crippen molar-refractivity contribution in [2.75, 3.05) is 11.6 Å². The van der Waals surface area contributed by atoms with Crippen LogP contribution in [0.4, 0.5) is 0 Å². The second-order valence-electron chi connectivity index (χ2n) is 4.21. The smallest absolute Gasteiger partial charge is 0.0277 e. The van der Waals surface area contributed by atoms with E-state index >= 15 is 0 Å². The largest absolute Gasteiger partial charge is 0.126 e. The van der Waals surface area contributed by atoms with Gasteiger partial charge in [0.25, 0.3) is 0 Å². The maximum atomic E-state index is 5.98. The molecule has 0 bridgehead atoms. The van der Waals surface area contributed by atoms with Crippen LogP contribution < -0.4 is 0 Å². The van der Waals surface area contributed by atoms with E-state index in [0.29, 0.717) is 5.41 Å². The summed E-state index contributed by atoms with van der Waals surface area (Å²) in [5.41, 5.74) is 0.309. The molecule has 0 aliphatic heterocycles. The second-order valence-corrected chi connectivity index (χ2v) is 5.64. The molecular weight excluding hydrogens is 224 g/mol. The van der Waals surface area contributed by atoms with Crippen LogP contribution in [-0.4, -0.2) is 11.6 Å². The van der Waals surface area contributed by atoms with Gasteiger partial charge in [-0.1, -0.05) is 32.0 Å².